The second-order valence-corrected chi connectivity index (χ2v) is 7.63. The number of amides is 2. The monoisotopic (exact) mass is 417 g/mol. The molecule has 3 rings (SSSR count). The van der Waals surface area contributed by atoms with E-state index in [1.54, 1.807) is 18.2 Å². The van der Waals surface area contributed by atoms with Crippen LogP contribution < -0.4 is 5.32 Å². The zero-order chi connectivity index (χ0) is 20.6. The van der Waals surface area contributed by atoms with Crippen molar-refractivity contribution < 1.29 is 14.0 Å². The van der Waals surface area contributed by atoms with E-state index >= 15 is 0 Å². The second kappa shape index (κ2) is 10.2. The first-order valence-corrected chi connectivity index (χ1v) is 10.5. The molecule has 29 heavy (non-hydrogen) atoms. The van der Waals surface area contributed by atoms with Crippen LogP contribution in [0.3, 0.4) is 0 Å². The van der Waals surface area contributed by atoms with Crippen LogP contribution in [-0.4, -0.2) is 56.9 Å². The minimum absolute atomic E-state index is 0.0979. The van der Waals surface area contributed by atoms with Gasteiger partial charge in [-0.2, -0.15) is 0 Å². The molecule has 2 heterocycles. The molecule has 1 aliphatic heterocycles. The number of hydrogen-bond acceptors (Lipinski definition) is 5. The number of nitrogens with zero attached hydrogens (tertiary/aromatic N) is 4. The first-order chi connectivity index (χ1) is 14.1. The average Bonchev–Trinajstić information content (AvgIpc) is 3.31. The first kappa shape index (κ1) is 21.0. The third-order valence-corrected chi connectivity index (χ3v) is 5.53. The van der Waals surface area contributed by atoms with Gasteiger partial charge in [0.05, 0.1) is 5.75 Å². The highest BCUT2D eigenvalue weighted by Crippen LogP contribution is 2.24. The van der Waals surface area contributed by atoms with Gasteiger partial charge in [0, 0.05) is 38.2 Å². The Morgan fingerprint density at radius 3 is 2.79 bits per heavy atom. The van der Waals surface area contributed by atoms with Crippen molar-refractivity contribution in [2.24, 2.45) is 0 Å². The Labute approximate surface area is 173 Å². The van der Waals surface area contributed by atoms with E-state index in [0.29, 0.717) is 37.0 Å². The van der Waals surface area contributed by atoms with E-state index in [2.05, 4.69) is 22.1 Å². The zero-order valence-corrected chi connectivity index (χ0v) is 17.0. The van der Waals surface area contributed by atoms with E-state index in [4.69, 9.17) is 0 Å². The van der Waals surface area contributed by atoms with Crippen LogP contribution in [0.15, 0.2) is 42.1 Å². The fraction of sp³-hybridized carbons (Fsp3) is 0.400. The largest absolute Gasteiger partial charge is 0.355 e. The van der Waals surface area contributed by atoms with E-state index < -0.39 is 0 Å². The lowest BCUT2D eigenvalue weighted by atomic mass is 10.2. The summed E-state index contributed by atoms with van der Waals surface area (Å²) in [6.45, 7) is 6.27. The number of halogens is 1. The fourth-order valence-corrected chi connectivity index (χ4v) is 3.90. The molecule has 154 valence electrons. The van der Waals surface area contributed by atoms with Crippen molar-refractivity contribution in [2.45, 2.75) is 31.0 Å². The number of rotatable bonds is 10. The number of carbonyl (C=O) groups excluding carboxylic acids is 2. The van der Waals surface area contributed by atoms with Crippen molar-refractivity contribution in [2.75, 3.05) is 25.4 Å². The summed E-state index contributed by atoms with van der Waals surface area (Å²) in [5, 5.41) is 11.8. The molecule has 1 saturated heterocycles. The van der Waals surface area contributed by atoms with Crippen molar-refractivity contribution >= 4 is 23.6 Å². The summed E-state index contributed by atoms with van der Waals surface area (Å²) in [5.41, 5.74) is 0.744. The van der Waals surface area contributed by atoms with Gasteiger partial charge in [0.1, 0.15) is 5.82 Å². The van der Waals surface area contributed by atoms with Gasteiger partial charge in [-0.1, -0.05) is 17.8 Å². The number of likely N-dealkylation sites (tertiary alicyclic amines) is 1. The molecule has 7 nitrogen and oxygen atoms in total. The highest BCUT2D eigenvalue weighted by atomic mass is 32.2. The van der Waals surface area contributed by atoms with Gasteiger partial charge < -0.3 is 10.2 Å². The van der Waals surface area contributed by atoms with Crippen molar-refractivity contribution in [3.8, 4) is 11.4 Å². The number of allylic oxidation sites excluding steroid dienone is 1. The number of hydrogen-bond donors (Lipinski definition) is 1. The van der Waals surface area contributed by atoms with Gasteiger partial charge in [0.2, 0.25) is 11.8 Å². The summed E-state index contributed by atoms with van der Waals surface area (Å²) in [6, 6.07) is 6.03. The van der Waals surface area contributed by atoms with Crippen LogP contribution in [0.1, 0.15) is 19.3 Å². The number of nitrogens with one attached hydrogen (secondary N) is 1. The van der Waals surface area contributed by atoms with E-state index in [9.17, 15) is 14.0 Å². The molecule has 0 bridgehead atoms. The summed E-state index contributed by atoms with van der Waals surface area (Å²) in [4.78, 5) is 25.5. The fourth-order valence-electron chi connectivity index (χ4n) is 3.12. The minimum Gasteiger partial charge on any atom is -0.355 e. The van der Waals surface area contributed by atoms with Crippen LogP contribution in [0, 0.1) is 5.82 Å². The molecule has 2 amide bonds. The summed E-state index contributed by atoms with van der Waals surface area (Å²) < 4.78 is 15.0. The van der Waals surface area contributed by atoms with Gasteiger partial charge in [-0.3, -0.25) is 14.2 Å². The maximum Gasteiger partial charge on any atom is 0.230 e. The number of aromatic nitrogens is 3. The standard InChI is InChI=1S/C20H24FN5O2S/c1-2-11-26-19(15-6-8-16(21)9-7-15)23-24-20(26)29-14-17(27)22-10-4-13-25-12-3-5-18(25)28/h2,6-9H,1,3-5,10-14H2,(H,22,27). The van der Waals surface area contributed by atoms with Gasteiger partial charge >= 0.3 is 0 Å². The molecule has 9 heteroatoms. The maximum absolute atomic E-state index is 13.2. The van der Waals surface area contributed by atoms with Crippen LogP contribution in [0.25, 0.3) is 11.4 Å². The average molecular weight is 418 g/mol. The quantitative estimate of drug-likeness (QED) is 0.365. The van der Waals surface area contributed by atoms with E-state index in [1.807, 2.05) is 9.47 Å². The van der Waals surface area contributed by atoms with E-state index in [1.165, 1.54) is 23.9 Å². The van der Waals surface area contributed by atoms with Gasteiger partial charge in [-0.15, -0.1) is 16.8 Å². The van der Waals surface area contributed by atoms with E-state index in [0.717, 1.165) is 24.9 Å². The number of thioether (sulfide) groups is 1. The summed E-state index contributed by atoms with van der Waals surface area (Å²) in [7, 11) is 0. The van der Waals surface area contributed by atoms with Crippen LogP contribution in [0.5, 0.6) is 0 Å². The molecule has 0 aliphatic carbocycles. The molecule has 1 aromatic carbocycles. The Balaban J connectivity index is 1.50. The minimum atomic E-state index is -0.316. The Kier molecular flexibility index (Phi) is 7.40. The topological polar surface area (TPSA) is 80.1 Å². The van der Waals surface area contributed by atoms with Gasteiger partial charge in [-0.25, -0.2) is 4.39 Å². The second-order valence-electron chi connectivity index (χ2n) is 6.69. The Bertz CT molecular complexity index is 868. The Morgan fingerprint density at radius 1 is 1.31 bits per heavy atom. The Morgan fingerprint density at radius 2 is 2.10 bits per heavy atom. The smallest absolute Gasteiger partial charge is 0.230 e. The third-order valence-electron chi connectivity index (χ3n) is 4.56. The van der Waals surface area contributed by atoms with Crippen LogP contribution in [0.2, 0.25) is 0 Å². The lowest BCUT2D eigenvalue weighted by Gasteiger charge is -2.15. The highest BCUT2D eigenvalue weighted by Gasteiger charge is 2.19. The molecule has 1 fully saturated rings. The number of benzene rings is 1. The van der Waals surface area contributed by atoms with Crippen LogP contribution in [0.4, 0.5) is 4.39 Å². The van der Waals surface area contributed by atoms with Crippen molar-refractivity contribution in [1.82, 2.24) is 25.0 Å². The van der Waals surface area contributed by atoms with Crippen molar-refractivity contribution in [3.63, 3.8) is 0 Å². The molecule has 1 N–H and O–H groups in total. The summed E-state index contributed by atoms with van der Waals surface area (Å²) >= 11 is 1.29. The molecule has 0 spiro atoms. The van der Waals surface area contributed by atoms with Crippen LogP contribution >= 0.6 is 11.8 Å². The molecule has 0 radical (unpaired) electrons. The summed E-state index contributed by atoms with van der Waals surface area (Å²) in [5.74, 6) is 0.595. The van der Waals surface area contributed by atoms with Crippen LogP contribution in [-0.2, 0) is 16.1 Å². The third kappa shape index (κ3) is 5.66. The first-order valence-electron chi connectivity index (χ1n) is 9.56. The predicted octanol–water partition coefficient (Wildman–Crippen LogP) is 2.49. The zero-order valence-electron chi connectivity index (χ0n) is 16.1. The molecule has 0 atom stereocenters. The SMILES string of the molecule is C=CCn1c(SCC(=O)NCCCN2CCCC2=O)nnc1-c1ccc(F)cc1. The summed E-state index contributed by atoms with van der Waals surface area (Å²) in [6.07, 6.45) is 4.02. The van der Waals surface area contributed by atoms with Crippen molar-refractivity contribution in [3.05, 3.63) is 42.7 Å². The number of carbonyl (C=O) groups is 2. The normalized spacial score (nSPS) is 13.7. The Hall–Kier alpha value is -2.68. The molecule has 2 aromatic rings. The molecule has 1 aromatic heterocycles. The van der Waals surface area contributed by atoms with Gasteiger partial charge in [-0.05, 0) is 37.1 Å². The van der Waals surface area contributed by atoms with Crippen molar-refractivity contribution in [1.29, 1.82) is 0 Å². The molecular formula is C20H24FN5O2S. The predicted molar refractivity (Wildman–Crippen MR) is 110 cm³/mol. The lowest BCUT2D eigenvalue weighted by Crippen LogP contribution is -2.31. The van der Waals surface area contributed by atoms with E-state index in [-0.39, 0.29) is 23.4 Å². The van der Waals surface area contributed by atoms with Gasteiger partial charge in [0.15, 0.2) is 11.0 Å². The lowest BCUT2D eigenvalue weighted by molar-refractivity contribution is -0.127. The molecule has 0 unspecified atom stereocenters. The maximum atomic E-state index is 13.2. The highest BCUT2D eigenvalue weighted by molar-refractivity contribution is 7.99. The van der Waals surface area contributed by atoms with Gasteiger partial charge in [0.25, 0.3) is 0 Å². The molecule has 0 saturated carbocycles. The molecule has 1 aliphatic rings. The molecular weight excluding hydrogens is 393 g/mol.